The maximum absolute atomic E-state index is 13.1. The van der Waals surface area contributed by atoms with E-state index in [0.29, 0.717) is 13.0 Å². The molecule has 5 heteroatoms. The Kier molecular flexibility index (Phi) is 5.76. The van der Waals surface area contributed by atoms with E-state index in [1.165, 1.54) is 34.1 Å². The molecule has 0 radical (unpaired) electrons. The highest BCUT2D eigenvalue weighted by molar-refractivity contribution is 5.89. The van der Waals surface area contributed by atoms with Crippen LogP contribution in [0.15, 0.2) is 77.5 Å². The number of nitrogens with one attached hydrogen (secondary N) is 2. The summed E-state index contributed by atoms with van der Waals surface area (Å²) in [5, 5.41) is 5.47. The standard InChI is InChI=1S/C31H31N3O2/c1-34(2)24-12-10-20(11-13-24)27(28-18-32-29-9-4-3-8-25(28)29)17-33-31(35)16-23-19-36-30-15-22-7-5-6-21(22)14-26(23)30/h3-4,8-15,18-19,27,32H,5-7,16-17H2,1-2H3,(H,33,35). The van der Waals surface area contributed by atoms with Crippen LogP contribution in [0.2, 0.25) is 0 Å². The summed E-state index contributed by atoms with van der Waals surface area (Å²) in [6.07, 6.45) is 7.56. The molecule has 1 amide bonds. The SMILES string of the molecule is CN(C)c1ccc(C(CNC(=O)Cc2coc3cc4c(cc23)CCC4)c2c[nH]c3ccccc23)cc1. The van der Waals surface area contributed by atoms with Crippen LogP contribution >= 0.6 is 0 Å². The van der Waals surface area contributed by atoms with Crippen molar-refractivity contribution in [2.75, 3.05) is 25.5 Å². The third kappa shape index (κ3) is 4.15. The molecule has 36 heavy (non-hydrogen) atoms. The summed E-state index contributed by atoms with van der Waals surface area (Å²) in [5.41, 5.74) is 9.24. The highest BCUT2D eigenvalue weighted by Crippen LogP contribution is 2.32. The average Bonchev–Trinajstić information content (AvgIpc) is 3.62. The lowest BCUT2D eigenvalue weighted by Gasteiger charge is -2.20. The second kappa shape index (κ2) is 9.23. The van der Waals surface area contributed by atoms with Gasteiger partial charge in [-0.05, 0) is 71.8 Å². The van der Waals surface area contributed by atoms with Crippen LogP contribution in [-0.2, 0) is 24.1 Å². The monoisotopic (exact) mass is 477 g/mol. The van der Waals surface area contributed by atoms with E-state index in [1.54, 1.807) is 6.26 Å². The lowest BCUT2D eigenvalue weighted by atomic mass is 9.90. The zero-order valence-corrected chi connectivity index (χ0v) is 20.8. The molecule has 1 aliphatic carbocycles. The maximum atomic E-state index is 13.1. The molecule has 1 atom stereocenters. The number of carbonyl (C=O) groups excluding carboxylic acids is 1. The van der Waals surface area contributed by atoms with Gasteiger partial charge in [-0.15, -0.1) is 0 Å². The number of benzene rings is 3. The predicted octanol–water partition coefficient (Wildman–Crippen LogP) is 5.96. The minimum atomic E-state index is 0.00736. The molecule has 2 aromatic heterocycles. The van der Waals surface area contributed by atoms with Gasteiger partial charge < -0.3 is 19.6 Å². The minimum absolute atomic E-state index is 0.00736. The highest BCUT2D eigenvalue weighted by atomic mass is 16.3. The fraction of sp³-hybridized carbons (Fsp3) is 0.258. The number of rotatable bonds is 7. The van der Waals surface area contributed by atoms with Crippen molar-refractivity contribution >= 4 is 33.5 Å². The van der Waals surface area contributed by atoms with Crippen LogP contribution in [0.3, 0.4) is 0 Å². The molecule has 0 saturated heterocycles. The number of aromatic nitrogens is 1. The van der Waals surface area contributed by atoms with E-state index >= 15 is 0 Å². The third-order valence-corrected chi connectivity index (χ3v) is 7.53. The van der Waals surface area contributed by atoms with E-state index in [4.69, 9.17) is 4.42 Å². The number of para-hydroxylation sites is 1. The lowest BCUT2D eigenvalue weighted by Crippen LogP contribution is -2.30. The van der Waals surface area contributed by atoms with Gasteiger partial charge in [0.05, 0.1) is 12.7 Å². The third-order valence-electron chi connectivity index (χ3n) is 7.53. The molecule has 6 rings (SSSR count). The van der Waals surface area contributed by atoms with Gasteiger partial charge in [-0.25, -0.2) is 0 Å². The largest absolute Gasteiger partial charge is 0.464 e. The van der Waals surface area contributed by atoms with Crippen LogP contribution in [0.5, 0.6) is 0 Å². The zero-order chi connectivity index (χ0) is 24.6. The van der Waals surface area contributed by atoms with Crippen molar-refractivity contribution in [3.05, 3.63) is 101 Å². The van der Waals surface area contributed by atoms with Crippen LogP contribution in [0, 0.1) is 0 Å². The number of carbonyl (C=O) groups is 1. The fourth-order valence-corrected chi connectivity index (χ4v) is 5.53. The van der Waals surface area contributed by atoms with Gasteiger partial charge in [0.2, 0.25) is 5.91 Å². The first-order valence-corrected chi connectivity index (χ1v) is 12.7. The molecule has 0 aliphatic heterocycles. The van der Waals surface area contributed by atoms with Crippen molar-refractivity contribution in [2.24, 2.45) is 0 Å². The van der Waals surface area contributed by atoms with Crippen molar-refractivity contribution in [2.45, 2.75) is 31.6 Å². The number of hydrogen-bond acceptors (Lipinski definition) is 3. The van der Waals surface area contributed by atoms with E-state index in [-0.39, 0.29) is 11.8 Å². The number of aromatic amines is 1. The molecule has 1 aliphatic rings. The van der Waals surface area contributed by atoms with Gasteiger partial charge in [0.1, 0.15) is 5.58 Å². The van der Waals surface area contributed by atoms with Gasteiger partial charge in [-0.3, -0.25) is 4.79 Å². The number of H-pyrrole nitrogens is 1. The highest BCUT2D eigenvalue weighted by Gasteiger charge is 2.21. The molecule has 182 valence electrons. The second-order valence-electron chi connectivity index (χ2n) is 10.0. The molecular formula is C31H31N3O2. The summed E-state index contributed by atoms with van der Waals surface area (Å²) in [6, 6.07) is 21.3. The number of furan rings is 1. The van der Waals surface area contributed by atoms with Crippen LogP contribution in [-0.4, -0.2) is 31.5 Å². The Morgan fingerprint density at radius 3 is 2.61 bits per heavy atom. The molecule has 3 aromatic carbocycles. The fourth-order valence-electron chi connectivity index (χ4n) is 5.53. The van der Waals surface area contributed by atoms with E-state index in [1.807, 2.05) is 20.2 Å². The molecule has 5 nitrogen and oxygen atoms in total. The minimum Gasteiger partial charge on any atom is -0.464 e. The van der Waals surface area contributed by atoms with Crippen molar-refractivity contribution < 1.29 is 9.21 Å². The van der Waals surface area contributed by atoms with Gasteiger partial charge in [0, 0.05) is 60.3 Å². The van der Waals surface area contributed by atoms with Gasteiger partial charge in [0.15, 0.2) is 0 Å². The van der Waals surface area contributed by atoms with E-state index in [2.05, 4.69) is 76.0 Å². The Hall–Kier alpha value is -3.99. The Morgan fingerprint density at radius 1 is 1.03 bits per heavy atom. The molecule has 0 bridgehead atoms. The number of nitrogens with zero attached hydrogens (tertiary/aromatic N) is 1. The predicted molar refractivity (Wildman–Crippen MR) is 146 cm³/mol. The Balaban J connectivity index is 1.25. The zero-order valence-electron chi connectivity index (χ0n) is 20.8. The quantitative estimate of drug-likeness (QED) is 0.304. The summed E-state index contributed by atoms with van der Waals surface area (Å²) in [5.74, 6) is 0.0404. The Labute approximate surface area is 211 Å². The number of fused-ring (bicyclic) bond motifs is 3. The summed E-state index contributed by atoms with van der Waals surface area (Å²) in [6.45, 7) is 0.521. The summed E-state index contributed by atoms with van der Waals surface area (Å²) < 4.78 is 5.82. The normalized spacial score (nSPS) is 13.7. The van der Waals surface area contributed by atoms with E-state index < -0.39 is 0 Å². The molecule has 5 aromatic rings. The molecule has 2 heterocycles. The Morgan fingerprint density at radius 2 is 1.81 bits per heavy atom. The van der Waals surface area contributed by atoms with E-state index in [0.717, 1.165) is 40.6 Å². The number of amides is 1. The number of anilines is 1. The molecule has 1 unspecified atom stereocenters. The molecule has 0 spiro atoms. The van der Waals surface area contributed by atoms with Crippen molar-refractivity contribution in [3.63, 3.8) is 0 Å². The van der Waals surface area contributed by atoms with Crippen LogP contribution in [0.1, 0.15) is 40.2 Å². The maximum Gasteiger partial charge on any atom is 0.224 e. The van der Waals surface area contributed by atoms with Crippen LogP contribution in [0.25, 0.3) is 21.9 Å². The summed E-state index contributed by atoms with van der Waals surface area (Å²) >= 11 is 0. The average molecular weight is 478 g/mol. The van der Waals surface area contributed by atoms with Gasteiger partial charge in [0.25, 0.3) is 0 Å². The molecular weight excluding hydrogens is 446 g/mol. The van der Waals surface area contributed by atoms with Gasteiger partial charge >= 0.3 is 0 Å². The van der Waals surface area contributed by atoms with Crippen LogP contribution < -0.4 is 10.2 Å². The first-order valence-electron chi connectivity index (χ1n) is 12.7. The van der Waals surface area contributed by atoms with Gasteiger partial charge in [-0.1, -0.05) is 30.3 Å². The Bertz CT molecular complexity index is 1540. The van der Waals surface area contributed by atoms with E-state index in [9.17, 15) is 4.79 Å². The van der Waals surface area contributed by atoms with Gasteiger partial charge in [-0.2, -0.15) is 0 Å². The van der Waals surface area contributed by atoms with Crippen molar-refractivity contribution in [1.82, 2.24) is 10.3 Å². The first kappa shape index (κ1) is 22.5. The second-order valence-corrected chi connectivity index (χ2v) is 10.0. The molecule has 2 N–H and O–H groups in total. The topological polar surface area (TPSA) is 61.3 Å². The number of hydrogen-bond donors (Lipinski definition) is 2. The number of aryl methyl sites for hydroxylation is 2. The smallest absolute Gasteiger partial charge is 0.224 e. The summed E-state index contributed by atoms with van der Waals surface area (Å²) in [4.78, 5) is 18.6. The first-order chi connectivity index (χ1) is 17.6. The van der Waals surface area contributed by atoms with Crippen LogP contribution in [0.4, 0.5) is 5.69 Å². The molecule has 0 fully saturated rings. The summed E-state index contributed by atoms with van der Waals surface area (Å²) in [7, 11) is 4.08. The lowest BCUT2D eigenvalue weighted by molar-refractivity contribution is -0.120. The van der Waals surface area contributed by atoms with Crippen molar-refractivity contribution in [3.8, 4) is 0 Å². The molecule has 0 saturated carbocycles. The van der Waals surface area contributed by atoms with Crippen molar-refractivity contribution in [1.29, 1.82) is 0 Å².